The molecule has 3 aromatic heterocycles. The van der Waals surface area contributed by atoms with Gasteiger partial charge < -0.3 is 10.3 Å². The summed E-state index contributed by atoms with van der Waals surface area (Å²) in [6, 6.07) is 5.75. The van der Waals surface area contributed by atoms with Crippen LogP contribution in [0.15, 0.2) is 35.4 Å². The minimum Gasteiger partial charge on any atom is -0.349 e. The maximum Gasteiger partial charge on any atom is 0.267 e. The van der Waals surface area contributed by atoms with Crippen LogP contribution in [0.1, 0.15) is 59.8 Å². The smallest absolute Gasteiger partial charge is 0.267 e. The maximum absolute atomic E-state index is 12.7. The van der Waals surface area contributed by atoms with Gasteiger partial charge in [0.25, 0.3) is 11.5 Å². The second kappa shape index (κ2) is 6.89. The monoisotopic (exact) mass is 377 g/mol. The lowest BCUT2D eigenvalue weighted by molar-refractivity contribution is 0.0923. The number of nitrogens with one attached hydrogen (secondary N) is 2. The van der Waals surface area contributed by atoms with Gasteiger partial charge >= 0.3 is 0 Å². The van der Waals surface area contributed by atoms with E-state index < -0.39 is 0 Å². The van der Waals surface area contributed by atoms with Gasteiger partial charge in [0.15, 0.2) is 0 Å². The molecule has 2 aliphatic carbocycles. The number of pyridine rings is 1. The highest BCUT2D eigenvalue weighted by Crippen LogP contribution is 2.28. The quantitative estimate of drug-likeness (QED) is 0.734. The zero-order valence-corrected chi connectivity index (χ0v) is 15.6. The summed E-state index contributed by atoms with van der Waals surface area (Å²) < 4.78 is 1.69. The number of aryl methyl sites for hydroxylation is 2. The lowest BCUT2D eigenvalue weighted by atomic mass is 9.91. The minimum absolute atomic E-state index is 0.0134. The van der Waals surface area contributed by atoms with E-state index in [4.69, 9.17) is 0 Å². The molecule has 144 valence electrons. The van der Waals surface area contributed by atoms with Crippen LogP contribution in [-0.4, -0.2) is 31.7 Å². The Hall–Kier alpha value is -2.96. The van der Waals surface area contributed by atoms with E-state index in [1.807, 2.05) is 12.1 Å². The predicted octanol–water partition coefficient (Wildman–Crippen LogP) is 2.52. The van der Waals surface area contributed by atoms with Crippen LogP contribution >= 0.6 is 0 Å². The van der Waals surface area contributed by atoms with Gasteiger partial charge in [0.05, 0.1) is 17.3 Å². The van der Waals surface area contributed by atoms with Crippen molar-refractivity contribution in [1.29, 1.82) is 0 Å². The van der Waals surface area contributed by atoms with Crippen LogP contribution in [0.4, 0.5) is 0 Å². The fourth-order valence-electron chi connectivity index (χ4n) is 4.55. The summed E-state index contributed by atoms with van der Waals surface area (Å²) in [5.41, 5.74) is 3.57. The van der Waals surface area contributed by atoms with Crippen molar-refractivity contribution < 1.29 is 4.79 Å². The number of carbonyl (C=O) groups excluding carboxylic acids is 1. The van der Waals surface area contributed by atoms with Crippen LogP contribution in [0.25, 0.3) is 11.0 Å². The van der Waals surface area contributed by atoms with Crippen LogP contribution in [0.3, 0.4) is 0 Å². The van der Waals surface area contributed by atoms with Gasteiger partial charge in [-0.2, -0.15) is 5.10 Å². The Morgan fingerprint density at radius 2 is 2.07 bits per heavy atom. The molecule has 0 radical (unpaired) electrons. The maximum atomic E-state index is 12.7. The van der Waals surface area contributed by atoms with Gasteiger partial charge in [0.1, 0.15) is 5.65 Å². The van der Waals surface area contributed by atoms with Crippen LogP contribution in [0.5, 0.6) is 0 Å². The second-order valence-electron chi connectivity index (χ2n) is 7.83. The largest absolute Gasteiger partial charge is 0.349 e. The van der Waals surface area contributed by atoms with Gasteiger partial charge in [0, 0.05) is 29.9 Å². The molecule has 0 saturated heterocycles. The predicted molar refractivity (Wildman–Crippen MR) is 105 cm³/mol. The molecule has 3 heterocycles. The van der Waals surface area contributed by atoms with Crippen molar-refractivity contribution in [3.05, 3.63) is 57.8 Å². The number of aromatic amines is 1. The first-order valence-corrected chi connectivity index (χ1v) is 10.0. The number of hydrogen-bond acceptors (Lipinski definition) is 4. The van der Waals surface area contributed by atoms with Crippen molar-refractivity contribution in [3.8, 4) is 0 Å². The van der Waals surface area contributed by atoms with E-state index in [9.17, 15) is 9.59 Å². The van der Waals surface area contributed by atoms with Gasteiger partial charge in [0.2, 0.25) is 0 Å². The molecule has 0 bridgehead atoms. The van der Waals surface area contributed by atoms with E-state index in [0.717, 1.165) is 67.2 Å². The van der Waals surface area contributed by atoms with Gasteiger partial charge in [-0.15, -0.1) is 0 Å². The highest BCUT2D eigenvalue weighted by molar-refractivity contribution is 6.05. The highest BCUT2D eigenvalue weighted by Gasteiger charge is 2.27. The molecule has 2 aliphatic rings. The summed E-state index contributed by atoms with van der Waals surface area (Å²) in [7, 11) is 0. The minimum atomic E-state index is -0.0736. The third kappa shape index (κ3) is 3.00. The Kier molecular flexibility index (Phi) is 4.22. The number of H-pyrrole nitrogens is 1. The molecule has 7 heteroatoms. The Morgan fingerprint density at radius 3 is 2.93 bits per heavy atom. The molecule has 1 saturated carbocycles. The van der Waals surface area contributed by atoms with Gasteiger partial charge in [-0.25, -0.2) is 9.67 Å². The number of rotatable bonds is 3. The van der Waals surface area contributed by atoms with Crippen molar-refractivity contribution in [2.45, 2.75) is 57.0 Å². The first-order chi connectivity index (χ1) is 13.7. The third-order valence-corrected chi connectivity index (χ3v) is 6.06. The van der Waals surface area contributed by atoms with E-state index in [-0.39, 0.29) is 23.6 Å². The highest BCUT2D eigenvalue weighted by atomic mass is 16.2. The van der Waals surface area contributed by atoms with Crippen LogP contribution < -0.4 is 10.9 Å². The summed E-state index contributed by atoms with van der Waals surface area (Å²) >= 11 is 0. The van der Waals surface area contributed by atoms with Gasteiger partial charge in [-0.05, 0) is 62.6 Å². The topological polar surface area (TPSA) is 92.7 Å². The lowest BCUT2D eigenvalue weighted by Gasteiger charge is -2.29. The van der Waals surface area contributed by atoms with Crippen molar-refractivity contribution in [3.63, 3.8) is 0 Å². The summed E-state index contributed by atoms with van der Waals surface area (Å²) in [5.74, 6) is -0.0736. The summed E-state index contributed by atoms with van der Waals surface area (Å²) in [6.45, 7) is 0. The molecule has 0 atom stereocenters. The fourth-order valence-corrected chi connectivity index (χ4v) is 4.55. The molecule has 1 fully saturated rings. The summed E-state index contributed by atoms with van der Waals surface area (Å²) in [5, 5.41) is 8.63. The van der Waals surface area contributed by atoms with Crippen molar-refractivity contribution >= 4 is 16.9 Å². The number of hydrogen-bond donors (Lipinski definition) is 2. The standard InChI is InChI=1S/C21H23N5O2/c27-19-11-13-3-1-5-18(13)25-26(19)15-8-6-14(7-9-15)24-21(28)17-12-23-20-16(17)4-2-10-22-20/h2,4,10-12,14-15H,1,3,5-9H2,(H,22,23)(H,24,28). The number of fused-ring (bicyclic) bond motifs is 2. The normalized spacial score (nSPS) is 21.6. The van der Waals surface area contributed by atoms with E-state index in [1.165, 1.54) is 0 Å². The van der Waals surface area contributed by atoms with E-state index in [2.05, 4.69) is 20.4 Å². The first-order valence-electron chi connectivity index (χ1n) is 10.0. The molecule has 2 N–H and O–H groups in total. The number of carbonyl (C=O) groups is 1. The van der Waals surface area contributed by atoms with Crippen molar-refractivity contribution in [1.82, 2.24) is 25.1 Å². The Labute approximate surface area is 162 Å². The molecule has 28 heavy (non-hydrogen) atoms. The molecule has 3 aromatic rings. The molecular formula is C21H23N5O2. The number of aromatic nitrogens is 4. The molecule has 0 unspecified atom stereocenters. The molecular weight excluding hydrogens is 354 g/mol. The van der Waals surface area contributed by atoms with Crippen LogP contribution in [-0.2, 0) is 12.8 Å². The Balaban J connectivity index is 1.25. The molecule has 0 aliphatic heterocycles. The third-order valence-electron chi connectivity index (χ3n) is 6.06. The van der Waals surface area contributed by atoms with Crippen LogP contribution in [0, 0.1) is 0 Å². The Bertz CT molecular complexity index is 1090. The summed E-state index contributed by atoms with van der Waals surface area (Å²) in [4.78, 5) is 32.4. The zero-order valence-electron chi connectivity index (χ0n) is 15.6. The number of nitrogens with zero attached hydrogens (tertiary/aromatic N) is 3. The lowest BCUT2D eigenvalue weighted by Crippen LogP contribution is -2.39. The first kappa shape index (κ1) is 17.2. The molecule has 7 nitrogen and oxygen atoms in total. The fraction of sp³-hybridized carbons (Fsp3) is 0.429. The van der Waals surface area contributed by atoms with Crippen molar-refractivity contribution in [2.24, 2.45) is 0 Å². The van der Waals surface area contributed by atoms with Crippen LogP contribution in [0.2, 0.25) is 0 Å². The van der Waals surface area contributed by atoms with E-state index in [1.54, 1.807) is 23.1 Å². The van der Waals surface area contributed by atoms with Crippen molar-refractivity contribution in [2.75, 3.05) is 0 Å². The van der Waals surface area contributed by atoms with Gasteiger partial charge in [-0.3, -0.25) is 9.59 Å². The van der Waals surface area contributed by atoms with Gasteiger partial charge in [-0.1, -0.05) is 0 Å². The SMILES string of the molecule is O=C(NC1CCC(n2nc3c(cc2=O)CCC3)CC1)c1c[nH]c2ncccc12. The average molecular weight is 377 g/mol. The average Bonchev–Trinajstić information content (AvgIpc) is 3.34. The van der Waals surface area contributed by atoms with E-state index >= 15 is 0 Å². The molecule has 0 spiro atoms. The molecule has 1 amide bonds. The zero-order chi connectivity index (χ0) is 19.1. The summed E-state index contributed by atoms with van der Waals surface area (Å²) in [6.07, 6.45) is 9.86. The second-order valence-corrected chi connectivity index (χ2v) is 7.83. The molecule has 0 aromatic carbocycles. The van der Waals surface area contributed by atoms with E-state index in [0.29, 0.717) is 5.56 Å². The Morgan fingerprint density at radius 1 is 1.21 bits per heavy atom. The number of amides is 1. The molecule has 5 rings (SSSR count).